The molecule has 8 heteroatoms. The van der Waals surface area contributed by atoms with Gasteiger partial charge in [0.05, 0.1) is 11.4 Å². The molecule has 6 N–H and O–H groups in total. The molecule has 0 radical (unpaired) electrons. The molecule has 3 aromatic carbocycles. The van der Waals surface area contributed by atoms with E-state index in [4.69, 9.17) is 23.1 Å². The molecule has 38 heavy (non-hydrogen) atoms. The number of phenols is 1. The molecule has 0 atom stereocenters. The number of guanidine groups is 1. The van der Waals surface area contributed by atoms with Crippen LogP contribution in [0.15, 0.2) is 59.6 Å². The van der Waals surface area contributed by atoms with Crippen molar-refractivity contribution in [1.29, 1.82) is 0 Å². The molecule has 0 saturated heterocycles. The molecule has 3 aromatic rings. The number of benzene rings is 3. The summed E-state index contributed by atoms with van der Waals surface area (Å²) in [5.74, 6) is 0.385. The normalized spacial score (nSPS) is 11.4. The Balaban J connectivity index is 0.00000247. The maximum absolute atomic E-state index is 9.83. The number of likely N-dealkylation sites (N-methyl/N-ethyl adjacent to an activating group) is 2. The lowest BCUT2D eigenvalue weighted by Gasteiger charge is -2.23. The minimum absolute atomic E-state index is 0.137. The van der Waals surface area contributed by atoms with Crippen LogP contribution in [0.1, 0.15) is 38.8 Å². The van der Waals surface area contributed by atoms with E-state index in [0.717, 1.165) is 49.5 Å². The van der Waals surface area contributed by atoms with Gasteiger partial charge in [0.15, 0.2) is 5.96 Å². The Morgan fingerprint density at radius 2 is 1.66 bits per heavy atom. The third-order valence-electron chi connectivity index (χ3n) is 6.19. The highest BCUT2D eigenvalue weighted by Gasteiger charge is 2.11. The smallest absolute Gasteiger partial charge is 0.198 e. The number of nitrogens with one attached hydrogen (secondary N) is 1. The summed E-state index contributed by atoms with van der Waals surface area (Å²) >= 11 is 6.31. The van der Waals surface area contributed by atoms with Crippen LogP contribution in [0.4, 0.5) is 17.1 Å². The van der Waals surface area contributed by atoms with Crippen molar-refractivity contribution in [2.24, 2.45) is 10.7 Å². The number of aromatic hydroxyl groups is 1. The highest BCUT2D eigenvalue weighted by atomic mass is 35.5. The fourth-order valence-corrected chi connectivity index (χ4v) is 4.31. The summed E-state index contributed by atoms with van der Waals surface area (Å²) in [6.45, 7) is 15.4. The molecule has 0 heterocycles. The number of hydrogen-bond donors (Lipinski definition) is 4. The monoisotopic (exact) mass is 538 g/mol. The predicted octanol–water partition coefficient (Wildman–Crippen LogP) is 6.46. The summed E-state index contributed by atoms with van der Waals surface area (Å²) in [4.78, 5) is 9.27. The van der Waals surface area contributed by atoms with Crippen LogP contribution in [0, 0.1) is 6.92 Å². The Morgan fingerprint density at radius 3 is 2.26 bits per heavy atom. The topological polar surface area (TPSA) is 103 Å². The average molecular weight is 539 g/mol. The number of halogens is 1. The lowest BCUT2D eigenvalue weighted by molar-refractivity contribution is 0.236. The van der Waals surface area contributed by atoms with Crippen molar-refractivity contribution in [2.75, 3.05) is 44.3 Å². The average Bonchev–Trinajstić information content (AvgIpc) is 2.90. The standard InChI is InChI=1S/C28H37ClN6O.C2H6/c1-5-35(6-2)14-13-34(4)18-20-7-9-22(10-8-20)32-28(31)33-27-19(3)15-21(16-26(27)30)24-17-23(36)11-12-25(24)29;1-2/h7-12,15-17,36H,5-6,13-14,18,30H2,1-4H3,(H3,31,32,33);1-2H3. The molecule has 0 aliphatic rings. The molecule has 7 nitrogen and oxygen atoms in total. The van der Waals surface area contributed by atoms with Crippen molar-refractivity contribution in [2.45, 2.75) is 41.2 Å². The van der Waals surface area contributed by atoms with E-state index in [0.29, 0.717) is 22.0 Å². The summed E-state index contributed by atoms with van der Waals surface area (Å²) in [6, 6.07) is 16.7. The summed E-state index contributed by atoms with van der Waals surface area (Å²) in [5, 5.41) is 13.5. The number of aryl methyl sites for hydroxylation is 1. The zero-order valence-corrected chi connectivity index (χ0v) is 24.3. The maximum Gasteiger partial charge on any atom is 0.198 e. The largest absolute Gasteiger partial charge is 0.508 e. The van der Waals surface area contributed by atoms with E-state index < -0.39 is 0 Å². The van der Waals surface area contributed by atoms with Crippen LogP contribution in [0.3, 0.4) is 0 Å². The van der Waals surface area contributed by atoms with Crippen LogP contribution in [0.25, 0.3) is 11.1 Å². The van der Waals surface area contributed by atoms with Crippen LogP contribution in [-0.2, 0) is 6.54 Å². The molecule has 0 spiro atoms. The van der Waals surface area contributed by atoms with Gasteiger partial charge in [0.1, 0.15) is 5.75 Å². The number of hydrogen-bond acceptors (Lipinski definition) is 5. The maximum atomic E-state index is 9.83. The van der Waals surface area contributed by atoms with Gasteiger partial charge < -0.3 is 31.7 Å². The van der Waals surface area contributed by atoms with Crippen LogP contribution in [0.2, 0.25) is 5.02 Å². The van der Waals surface area contributed by atoms with Gasteiger partial charge in [0.25, 0.3) is 0 Å². The Morgan fingerprint density at radius 1 is 1.00 bits per heavy atom. The van der Waals surface area contributed by atoms with Gasteiger partial charge in [-0.3, -0.25) is 0 Å². The van der Waals surface area contributed by atoms with Gasteiger partial charge in [-0.1, -0.05) is 51.4 Å². The SMILES string of the molecule is CC.CCN(CC)CCN(C)Cc1ccc(NC(N)=Nc2c(C)cc(-c3cc(O)ccc3Cl)cc2N)cc1. The first-order valence-electron chi connectivity index (χ1n) is 13.2. The van der Waals surface area contributed by atoms with Gasteiger partial charge in [0.2, 0.25) is 0 Å². The summed E-state index contributed by atoms with van der Waals surface area (Å²) < 4.78 is 0. The lowest BCUT2D eigenvalue weighted by atomic mass is 10.0. The molecule has 0 unspecified atom stereocenters. The van der Waals surface area contributed by atoms with Crippen molar-refractivity contribution >= 4 is 34.6 Å². The summed E-state index contributed by atoms with van der Waals surface area (Å²) in [5.41, 5.74) is 18.0. The zero-order valence-electron chi connectivity index (χ0n) is 23.6. The number of anilines is 2. The Kier molecular flexibility index (Phi) is 12.4. The first-order valence-corrected chi connectivity index (χ1v) is 13.6. The third kappa shape index (κ3) is 8.94. The minimum Gasteiger partial charge on any atom is -0.508 e. The third-order valence-corrected chi connectivity index (χ3v) is 6.52. The van der Waals surface area contributed by atoms with Crippen molar-refractivity contribution < 1.29 is 5.11 Å². The predicted molar refractivity (Wildman–Crippen MR) is 165 cm³/mol. The van der Waals surface area contributed by atoms with Gasteiger partial charge in [0, 0.05) is 35.9 Å². The molecule has 0 bridgehead atoms. The van der Waals surface area contributed by atoms with Crippen molar-refractivity contribution in [3.05, 3.63) is 70.7 Å². The van der Waals surface area contributed by atoms with Gasteiger partial charge in [-0.15, -0.1) is 0 Å². The van der Waals surface area contributed by atoms with E-state index in [1.54, 1.807) is 24.3 Å². The molecule has 0 aliphatic heterocycles. The molecule has 0 saturated carbocycles. The van der Waals surface area contributed by atoms with E-state index in [2.05, 4.69) is 53.1 Å². The van der Waals surface area contributed by atoms with Crippen LogP contribution < -0.4 is 16.8 Å². The number of nitrogen functional groups attached to an aromatic ring is 1. The van der Waals surface area contributed by atoms with Crippen LogP contribution >= 0.6 is 11.6 Å². The first kappa shape index (κ1) is 31.0. The van der Waals surface area contributed by atoms with Gasteiger partial charge >= 0.3 is 0 Å². The molecule has 0 fully saturated rings. The Hall–Kier alpha value is -3.26. The van der Waals surface area contributed by atoms with E-state index in [9.17, 15) is 5.11 Å². The lowest BCUT2D eigenvalue weighted by Crippen LogP contribution is -2.32. The zero-order chi connectivity index (χ0) is 28.2. The van der Waals surface area contributed by atoms with E-state index >= 15 is 0 Å². The van der Waals surface area contributed by atoms with Crippen molar-refractivity contribution in [3.63, 3.8) is 0 Å². The van der Waals surface area contributed by atoms with Crippen LogP contribution in [-0.4, -0.2) is 54.1 Å². The molecular formula is C30H43ClN6O. The number of aliphatic imine (C=N–C) groups is 1. The first-order chi connectivity index (χ1) is 18.2. The fourth-order valence-electron chi connectivity index (χ4n) is 4.08. The van der Waals surface area contributed by atoms with Crippen LogP contribution in [0.5, 0.6) is 5.75 Å². The Bertz CT molecular complexity index is 1170. The molecule has 206 valence electrons. The number of nitrogens with two attached hydrogens (primary N) is 2. The second kappa shape index (κ2) is 15.2. The molecule has 0 aliphatic carbocycles. The number of phenolic OH excluding ortho intramolecular Hbond substituents is 1. The second-order valence-corrected chi connectivity index (χ2v) is 9.39. The van der Waals surface area contributed by atoms with E-state index in [1.165, 1.54) is 5.56 Å². The summed E-state index contributed by atoms with van der Waals surface area (Å²) in [6.07, 6.45) is 0. The minimum atomic E-state index is 0.137. The molecule has 0 amide bonds. The highest BCUT2D eigenvalue weighted by molar-refractivity contribution is 6.33. The highest BCUT2D eigenvalue weighted by Crippen LogP contribution is 2.37. The van der Waals surface area contributed by atoms with E-state index in [1.807, 2.05) is 39.0 Å². The molecular weight excluding hydrogens is 496 g/mol. The molecule has 3 rings (SSSR count). The molecule has 0 aromatic heterocycles. The van der Waals surface area contributed by atoms with Gasteiger partial charge in [-0.05, 0) is 86.2 Å². The van der Waals surface area contributed by atoms with Gasteiger partial charge in [-0.25, -0.2) is 4.99 Å². The van der Waals surface area contributed by atoms with Crippen molar-refractivity contribution in [1.82, 2.24) is 9.80 Å². The van der Waals surface area contributed by atoms with Gasteiger partial charge in [-0.2, -0.15) is 0 Å². The fraction of sp³-hybridized carbons (Fsp3) is 0.367. The second-order valence-electron chi connectivity index (χ2n) is 8.98. The number of nitrogens with zero attached hydrogens (tertiary/aromatic N) is 3. The number of rotatable bonds is 10. The Labute approximate surface area is 233 Å². The summed E-state index contributed by atoms with van der Waals surface area (Å²) in [7, 11) is 2.15. The van der Waals surface area contributed by atoms with E-state index in [-0.39, 0.29) is 11.7 Å². The van der Waals surface area contributed by atoms with Crippen molar-refractivity contribution in [3.8, 4) is 16.9 Å². The quantitative estimate of drug-likeness (QED) is 0.134.